The van der Waals surface area contributed by atoms with Gasteiger partial charge in [-0.25, -0.2) is 0 Å². The Balaban J connectivity index is 3.34. The van der Waals surface area contributed by atoms with Crippen molar-refractivity contribution >= 4 is 0 Å². The number of hydrogen-bond acceptors (Lipinski definition) is 2. The highest BCUT2D eigenvalue weighted by Gasteiger charge is 2.08. The molecule has 1 unspecified atom stereocenters. The van der Waals surface area contributed by atoms with Gasteiger partial charge in [-0.2, -0.15) is 0 Å². The molecule has 0 aromatic carbocycles. The fourth-order valence-corrected chi connectivity index (χ4v) is 1.66. The largest absolute Gasteiger partial charge is 0.312 e. The second kappa shape index (κ2) is 8.08. The Hall–Kier alpha value is -0.0800. The number of rotatable bonds is 8. The molecule has 0 amide bonds. The molecular weight excluding hydrogens is 196 g/mol. The molecule has 1 atom stereocenters. The van der Waals surface area contributed by atoms with Crippen LogP contribution in [0.3, 0.4) is 0 Å². The summed E-state index contributed by atoms with van der Waals surface area (Å²) in [7, 11) is 2.24. The summed E-state index contributed by atoms with van der Waals surface area (Å²) in [5.74, 6) is 0. The topological polar surface area (TPSA) is 15.3 Å². The molecule has 1 N–H and O–H groups in total. The van der Waals surface area contributed by atoms with Crippen molar-refractivity contribution in [3.63, 3.8) is 0 Å². The zero-order valence-electron chi connectivity index (χ0n) is 12.3. The minimum absolute atomic E-state index is 0.271. The van der Waals surface area contributed by atoms with E-state index >= 15 is 0 Å². The molecule has 0 bridgehead atoms. The van der Waals surface area contributed by atoms with Crippen molar-refractivity contribution in [3.05, 3.63) is 0 Å². The predicted octanol–water partition coefficient (Wildman–Crippen LogP) is 3.28. The maximum Gasteiger partial charge on any atom is 0.00965 e. The van der Waals surface area contributed by atoms with Gasteiger partial charge in [0.15, 0.2) is 0 Å². The van der Waals surface area contributed by atoms with Gasteiger partial charge in [-0.05, 0) is 67.1 Å². The molecule has 0 spiro atoms. The van der Waals surface area contributed by atoms with Crippen molar-refractivity contribution in [3.8, 4) is 0 Å². The number of hydrogen-bond donors (Lipinski definition) is 1. The smallest absolute Gasteiger partial charge is 0.00965 e. The SMILES string of the molecule is CCC(C)N(C)CCCCCNC(C)(C)C. The first-order valence-corrected chi connectivity index (χ1v) is 6.82. The van der Waals surface area contributed by atoms with Gasteiger partial charge in [-0.1, -0.05) is 13.3 Å². The van der Waals surface area contributed by atoms with E-state index in [9.17, 15) is 0 Å². The third-order valence-electron chi connectivity index (χ3n) is 3.19. The van der Waals surface area contributed by atoms with Crippen LogP contribution < -0.4 is 5.32 Å². The molecule has 98 valence electrons. The minimum Gasteiger partial charge on any atom is -0.312 e. The maximum atomic E-state index is 3.53. The molecule has 0 aromatic rings. The van der Waals surface area contributed by atoms with E-state index in [4.69, 9.17) is 0 Å². The summed E-state index contributed by atoms with van der Waals surface area (Å²) in [6, 6.07) is 0.729. The van der Waals surface area contributed by atoms with Gasteiger partial charge in [-0.3, -0.25) is 0 Å². The quantitative estimate of drug-likeness (QED) is 0.641. The third-order valence-corrected chi connectivity index (χ3v) is 3.19. The molecule has 2 nitrogen and oxygen atoms in total. The van der Waals surface area contributed by atoms with E-state index in [-0.39, 0.29) is 5.54 Å². The van der Waals surface area contributed by atoms with Crippen molar-refractivity contribution in [1.29, 1.82) is 0 Å². The predicted molar refractivity (Wildman–Crippen MR) is 74.0 cm³/mol. The van der Waals surface area contributed by atoms with Gasteiger partial charge in [-0.15, -0.1) is 0 Å². The molecule has 0 radical (unpaired) electrons. The fourth-order valence-electron chi connectivity index (χ4n) is 1.66. The normalized spacial score (nSPS) is 14.4. The summed E-state index contributed by atoms with van der Waals surface area (Å²) in [4.78, 5) is 2.47. The van der Waals surface area contributed by atoms with Crippen LogP contribution in [0, 0.1) is 0 Å². The Morgan fingerprint density at radius 2 is 1.75 bits per heavy atom. The molecule has 0 aliphatic rings. The van der Waals surface area contributed by atoms with Crippen molar-refractivity contribution in [2.24, 2.45) is 0 Å². The van der Waals surface area contributed by atoms with Gasteiger partial charge < -0.3 is 10.2 Å². The number of nitrogens with zero attached hydrogens (tertiary/aromatic N) is 1. The summed E-state index contributed by atoms with van der Waals surface area (Å²) in [6.45, 7) is 13.6. The van der Waals surface area contributed by atoms with Crippen molar-refractivity contribution in [2.45, 2.75) is 71.9 Å². The zero-order chi connectivity index (χ0) is 12.6. The van der Waals surface area contributed by atoms with Crippen LogP contribution in [0.2, 0.25) is 0 Å². The van der Waals surface area contributed by atoms with Crippen LogP contribution in [0.1, 0.15) is 60.3 Å². The Morgan fingerprint density at radius 3 is 2.25 bits per heavy atom. The molecule has 0 aliphatic heterocycles. The molecule has 0 heterocycles. The second-order valence-electron chi connectivity index (χ2n) is 5.98. The second-order valence-corrected chi connectivity index (χ2v) is 5.98. The highest BCUT2D eigenvalue weighted by atomic mass is 15.1. The summed E-state index contributed by atoms with van der Waals surface area (Å²) in [6.07, 6.45) is 5.21. The van der Waals surface area contributed by atoms with Gasteiger partial charge in [0.1, 0.15) is 0 Å². The molecule has 0 rings (SSSR count). The molecule has 16 heavy (non-hydrogen) atoms. The molecule has 0 saturated heterocycles. The Bertz CT molecular complexity index is 161. The standard InChI is InChI=1S/C14H32N2/c1-7-13(2)16(6)12-10-8-9-11-15-14(3,4)5/h13,15H,7-12H2,1-6H3. The van der Waals surface area contributed by atoms with E-state index < -0.39 is 0 Å². The molecule has 0 aromatic heterocycles. The monoisotopic (exact) mass is 228 g/mol. The fraction of sp³-hybridized carbons (Fsp3) is 1.00. The first-order valence-electron chi connectivity index (χ1n) is 6.82. The number of nitrogens with one attached hydrogen (secondary N) is 1. The highest BCUT2D eigenvalue weighted by Crippen LogP contribution is 2.04. The van der Waals surface area contributed by atoms with Gasteiger partial charge >= 0.3 is 0 Å². The van der Waals surface area contributed by atoms with E-state index in [1.807, 2.05) is 0 Å². The first-order chi connectivity index (χ1) is 7.37. The van der Waals surface area contributed by atoms with Gasteiger partial charge in [0.2, 0.25) is 0 Å². The van der Waals surface area contributed by atoms with Crippen molar-refractivity contribution in [2.75, 3.05) is 20.1 Å². The van der Waals surface area contributed by atoms with Crippen LogP contribution in [0.15, 0.2) is 0 Å². The lowest BCUT2D eigenvalue weighted by molar-refractivity contribution is 0.246. The average molecular weight is 228 g/mol. The van der Waals surface area contributed by atoms with Crippen LogP contribution >= 0.6 is 0 Å². The Labute approximate surface area is 103 Å². The van der Waals surface area contributed by atoms with E-state index in [0.29, 0.717) is 0 Å². The van der Waals surface area contributed by atoms with E-state index in [1.165, 1.54) is 32.2 Å². The summed E-state index contributed by atoms with van der Waals surface area (Å²) < 4.78 is 0. The summed E-state index contributed by atoms with van der Waals surface area (Å²) >= 11 is 0. The van der Waals surface area contributed by atoms with E-state index in [1.54, 1.807) is 0 Å². The molecule has 0 saturated carbocycles. The summed E-state index contributed by atoms with van der Waals surface area (Å²) in [5, 5.41) is 3.53. The third kappa shape index (κ3) is 9.17. The Kier molecular flexibility index (Phi) is 8.04. The van der Waals surface area contributed by atoms with Crippen LogP contribution in [0.4, 0.5) is 0 Å². The minimum atomic E-state index is 0.271. The van der Waals surface area contributed by atoms with Gasteiger partial charge in [0.25, 0.3) is 0 Å². The highest BCUT2D eigenvalue weighted by molar-refractivity contribution is 4.69. The first kappa shape index (κ1) is 15.9. The molecule has 0 aliphatic carbocycles. The van der Waals surface area contributed by atoms with E-state index in [0.717, 1.165) is 12.6 Å². The van der Waals surface area contributed by atoms with Gasteiger partial charge in [0.05, 0.1) is 0 Å². The van der Waals surface area contributed by atoms with E-state index in [2.05, 4.69) is 51.9 Å². The zero-order valence-corrected chi connectivity index (χ0v) is 12.3. The molecular formula is C14H32N2. The lowest BCUT2D eigenvalue weighted by Crippen LogP contribution is -2.36. The van der Waals surface area contributed by atoms with Crippen molar-refractivity contribution in [1.82, 2.24) is 10.2 Å². The van der Waals surface area contributed by atoms with Crippen LogP contribution in [0.25, 0.3) is 0 Å². The molecule has 0 fully saturated rings. The number of unbranched alkanes of at least 4 members (excludes halogenated alkanes) is 2. The Morgan fingerprint density at radius 1 is 1.12 bits per heavy atom. The van der Waals surface area contributed by atoms with Crippen LogP contribution in [-0.4, -0.2) is 36.6 Å². The van der Waals surface area contributed by atoms with Crippen LogP contribution in [-0.2, 0) is 0 Å². The van der Waals surface area contributed by atoms with Crippen LogP contribution in [0.5, 0.6) is 0 Å². The van der Waals surface area contributed by atoms with Crippen molar-refractivity contribution < 1.29 is 0 Å². The van der Waals surface area contributed by atoms with Gasteiger partial charge in [0, 0.05) is 11.6 Å². The summed E-state index contributed by atoms with van der Waals surface area (Å²) in [5.41, 5.74) is 0.271. The molecule has 2 heteroatoms. The lowest BCUT2D eigenvalue weighted by Gasteiger charge is -2.23. The maximum absolute atomic E-state index is 3.53. The average Bonchev–Trinajstić information content (AvgIpc) is 2.20. The lowest BCUT2D eigenvalue weighted by atomic mass is 10.1.